The van der Waals surface area contributed by atoms with Gasteiger partial charge in [-0.05, 0) is 26.7 Å². The van der Waals surface area contributed by atoms with Crippen LogP contribution < -0.4 is 0 Å². The second kappa shape index (κ2) is 7.05. The van der Waals surface area contributed by atoms with Gasteiger partial charge in [0, 0.05) is 38.9 Å². The molecule has 1 spiro atoms. The zero-order valence-corrected chi connectivity index (χ0v) is 16.4. The lowest BCUT2D eigenvalue weighted by molar-refractivity contribution is -0.145. The van der Waals surface area contributed by atoms with E-state index in [0.29, 0.717) is 49.5 Å². The number of carbonyl (C=O) groups is 2. The summed E-state index contributed by atoms with van der Waals surface area (Å²) in [6.07, 6.45) is 3.71. The quantitative estimate of drug-likeness (QED) is 0.848. The molecule has 0 bridgehead atoms. The lowest BCUT2D eigenvalue weighted by atomic mass is 9.78. The van der Waals surface area contributed by atoms with Gasteiger partial charge in [-0.25, -0.2) is 4.98 Å². The zero-order chi connectivity index (χ0) is 19.9. The minimum absolute atomic E-state index is 0.0401. The van der Waals surface area contributed by atoms with Crippen LogP contribution in [-0.4, -0.2) is 70.1 Å². The summed E-state index contributed by atoms with van der Waals surface area (Å²) in [6, 6.07) is 0. The van der Waals surface area contributed by atoms with Crippen molar-refractivity contribution in [2.24, 2.45) is 0 Å². The molecule has 28 heavy (non-hydrogen) atoms. The first-order chi connectivity index (χ1) is 13.5. The molecule has 0 unspecified atom stereocenters. The Bertz CT molecular complexity index is 875. The summed E-state index contributed by atoms with van der Waals surface area (Å²) in [5.74, 6) is 0.424. The van der Waals surface area contributed by atoms with Crippen LogP contribution in [0, 0.1) is 13.8 Å². The Hall–Kier alpha value is -2.68. The molecule has 1 N–H and O–H groups in total. The molecule has 9 heteroatoms. The smallest absolute Gasteiger partial charge is 0.259 e. The summed E-state index contributed by atoms with van der Waals surface area (Å²) in [4.78, 5) is 37.2. The predicted molar refractivity (Wildman–Crippen MR) is 98.7 cm³/mol. The van der Waals surface area contributed by atoms with Crippen LogP contribution in [0.2, 0.25) is 0 Å². The molecule has 150 valence electrons. The molecule has 2 aromatic heterocycles. The summed E-state index contributed by atoms with van der Waals surface area (Å²) in [5.41, 5.74) is 2.64. The molecule has 0 saturated carbocycles. The lowest BCUT2D eigenvalue weighted by Crippen LogP contribution is -2.59. The van der Waals surface area contributed by atoms with E-state index in [4.69, 9.17) is 9.26 Å². The van der Waals surface area contributed by atoms with E-state index < -0.39 is 5.54 Å². The van der Waals surface area contributed by atoms with E-state index >= 15 is 0 Å². The molecule has 9 nitrogen and oxygen atoms in total. The van der Waals surface area contributed by atoms with Crippen LogP contribution in [0.15, 0.2) is 10.9 Å². The number of amides is 2. The first kappa shape index (κ1) is 18.7. The minimum Gasteiger partial charge on any atom is -0.375 e. The molecule has 4 rings (SSSR count). The van der Waals surface area contributed by atoms with E-state index in [1.165, 1.54) is 7.11 Å². The number of carbonyl (C=O) groups excluding carboxylic acids is 2. The third-order valence-electron chi connectivity index (χ3n) is 5.96. The molecule has 2 amide bonds. The number of aryl methyl sites for hydroxylation is 2. The van der Waals surface area contributed by atoms with E-state index in [1.54, 1.807) is 20.2 Å². The molecule has 2 aliphatic heterocycles. The molecular weight excluding hydrogens is 362 g/mol. The molecule has 4 heterocycles. The molecule has 0 atom stereocenters. The molecule has 2 aromatic rings. The second-order valence-corrected chi connectivity index (χ2v) is 7.48. The predicted octanol–water partition coefficient (Wildman–Crippen LogP) is 1.18. The highest BCUT2D eigenvalue weighted by molar-refractivity contribution is 5.96. The van der Waals surface area contributed by atoms with E-state index in [1.807, 2.05) is 9.80 Å². The molecule has 2 aliphatic rings. The van der Waals surface area contributed by atoms with Gasteiger partial charge in [-0.3, -0.25) is 9.59 Å². The molecule has 1 fully saturated rings. The fourth-order valence-electron chi connectivity index (χ4n) is 4.58. The maximum Gasteiger partial charge on any atom is 0.259 e. The fourth-order valence-corrected chi connectivity index (χ4v) is 4.58. The third-order valence-corrected chi connectivity index (χ3v) is 5.96. The van der Waals surface area contributed by atoms with E-state index in [2.05, 4.69) is 15.1 Å². The molecule has 0 aromatic carbocycles. The number of piperidine rings is 1. The van der Waals surface area contributed by atoms with Gasteiger partial charge in [-0.15, -0.1) is 0 Å². The maximum absolute atomic E-state index is 13.0. The van der Waals surface area contributed by atoms with E-state index in [0.717, 1.165) is 17.8 Å². The Kier molecular flexibility index (Phi) is 4.70. The van der Waals surface area contributed by atoms with Crippen molar-refractivity contribution < 1.29 is 18.8 Å². The fraction of sp³-hybridized carbons (Fsp3) is 0.579. The summed E-state index contributed by atoms with van der Waals surface area (Å²) in [7, 11) is 1.53. The van der Waals surface area contributed by atoms with Gasteiger partial charge in [0.25, 0.3) is 5.91 Å². The van der Waals surface area contributed by atoms with Crippen LogP contribution in [0.5, 0.6) is 0 Å². The number of H-pyrrole nitrogens is 1. The Balaban J connectivity index is 1.60. The van der Waals surface area contributed by atoms with Crippen molar-refractivity contribution in [3.8, 4) is 0 Å². The lowest BCUT2D eigenvalue weighted by Gasteiger charge is -2.50. The van der Waals surface area contributed by atoms with Crippen molar-refractivity contribution in [1.82, 2.24) is 24.9 Å². The Morgan fingerprint density at radius 3 is 2.68 bits per heavy atom. The number of nitrogens with zero attached hydrogens (tertiary/aromatic N) is 4. The standard InChI is InChI=1S/C19H25N5O4/c1-12-16(13(2)28-22-12)18(26)23-8-5-19(6-9-23)17-14(20-11-21-17)4-7-24(19)15(25)10-27-3/h11H,4-10H2,1-3H3,(H,20,21). The normalized spacial score (nSPS) is 18.4. The average molecular weight is 387 g/mol. The number of fused-ring (bicyclic) bond motifs is 2. The van der Waals surface area contributed by atoms with E-state index in [-0.39, 0.29) is 18.4 Å². The second-order valence-electron chi connectivity index (χ2n) is 7.48. The van der Waals surface area contributed by atoms with Gasteiger partial charge in [0.05, 0.1) is 23.3 Å². The number of methoxy groups -OCH3 is 1. The van der Waals surface area contributed by atoms with Crippen LogP contribution in [-0.2, 0) is 21.5 Å². The molecule has 0 radical (unpaired) electrons. The Morgan fingerprint density at radius 2 is 2.04 bits per heavy atom. The summed E-state index contributed by atoms with van der Waals surface area (Å²) < 4.78 is 10.2. The highest BCUT2D eigenvalue weighted by Gasteiger charge is 2.49. The SMILES string of the molecule is COCC(=O)N1CCc2[nH]cnc2C12CCN(C(=O)c1c(C)noc1C)CC2. The number of aromatic amines is 1. The number of nitrogens with one attached hydrogen (secondary N) is 1. The maximum atomic E-state index is 13.0. The van der Waals surface area contributed by atoms with Gasteiger partial charge < -0.3 is 24.0 Å². The summed E-state index contributed by atoms with van der Waals surface area (Å²) >= 11 is 0. The topological polar surface area (TPSA) is 105 Å². The Labute approximate surface area is 163 Å². The van der Waals surface area contributed by atoms with Crippen molar-refractivity contribution in [3.63, 3.8) is 0 Å². The van der Waals surface area contributed by atoms with Gasteiger partial charge in [0.1, 0.15) is 17.9 Å². The van der Waals surface area contributed by atoms with Crippen LogP contribution >= 0.6 is 0 Å². The number of imidazole rings is 1. The number of aromatic nitrogens is 3. The monoisotopic (exact) mass is 387 g/mol. The van der Waals surface area contributed by atoms with Gasteiger partial charge in [0.15, 0.2) is 0 Å². The van der Waals surface area contributed by atoms with Crippen molar-refractivity contribution in [2.45, 2.75) is 38.6 Å². The van der Waals surface area contributed by atoms with Gasteiger partial charge in [-0.1, -0.05) is 5.16 Å². The number of rotatable bonds is 3. The van der Waals surface area contributed by atoms with Gasteiger partial charge in [0.2, 0.25) is 5.91 Å². The molecule has 1 saturated heterocycles. The van der Waals surface area contributed by atoms with Crippen molar-refractivity contribution in [1.29, 1.82) is 0 Å². The molecular formula is C19H25N5O4. The first-order valence-corrected chi connectivity index (χ1v) is 9.52. The summed E-state index contributed by atoms with van der Waals surface area (Å²) in [5, 5.41) is 3.89. The first-order valence-electron chi connectivity index (χ1n) is 9.52. The van der Waals surface area contributed by atoms with Crippen LogP contribution in [0.25, 0.3) is 0 Å². The van der Waals surface area contributed by atoms with Gasteiger partial charge in [-0.2, -0.15) is 0 Å². The van der Waals surface area contributed by atoms with Crippen LogP contribution in [0.4, 0.5) is 0 Å². The highest BCUT2D eigenvalue weighted by atomic mass is 16.5. The number of ether oxygens (including phenoxy) is 1. The Morgan fingerprint density at radius 1 is 1.29 bits per heavy atom. The average Bonchev–Trinajstić information content (AvgIpc) is 3.29. The van der Waals surface area contributed by atoms with Crippen molar-refractivity contribution in [3.05, 3.63) is 34.7 Å². The molecule has 0 aliphatic carbocycles. The number of hydrogen-bond acceptors (Lipinski definition) is 6. The number of hydrogen-bond donors (Lipinski definition) is 1. The van der Waals surface area contributed by atoms with Gasteiger partial charge >= 0.3 is 0 Å². The largest absolute Gasteiger partial charge is 0.375 e. The van der Waals surface area contributed by atoms with E-state index in [9.17, 15) is 9.59 Å². The third kappa shape index (κ3) is 2.81. The highest BCUT2D eigenvalue weighted by Crippen LogP contribution is 2.42. The van der Waals surface area contributed by atoms with Crippen molar-refractivity contribution >= 4 is 11.8 Å². The van der Waals surface area contributed by atoms with Crippen molar-refractivity contribution in [2.75, 3.05) is 33.4 Å². The minimum atomic E-state index is -0.501. The zero-order valence-electron chi connectivity index (χ0n) is 16.4. The van der Waals surface area contributed by atoms with Crippen LogP contribution in [0.3, 0.4) is 0 Å². The number of likely N-dealkylation sites (tertiary alicyclic amines) is 1. The summed E-state index contributed by atoms with van der Waals surface area (Å²) in [6.45, 7) is 5.26. The van der Waals surface area contributed by atoms with Crippen LogP contribution in [0.1, 0.15) is 46.0 Å².